The molecule has 210 valence electrons. The molecule has 0 amide bonds. The maximum Gasteiger partial charge on any atom is 0.390 e. The maximum atomic E-state index is 12.6. The third-order valence-electron chi connectivity index (χ3n) is 6.80. The molecule has 4 aromatic rings. The summed E-state index contributed by atoms with van der Waals surface area (Å²) in [6, 6.07) is 21.8. The number of aryl methyl sites for hydroxylation is 1. The van der Waals surface area contributed by atoms with Crippen LogP contribution in [0.2, 0.25) is 0 Å². The Balaban J connectivity index is 1.66. The highest BCUT2D eigenvalue weighted by Crippen LogP contribution is 2.32. The number of nitro benzene ring substituents is 1. The second kappa shape index (κ2) is 11.5. The van der Waals surface area contributed by atoms with Gasteiger partial charge in [0.15, 0.2) is 0 Å². The number of hydrogen-bond donors (Lipinski definition) is 0. The lowest BCUT2D eigenvalue weighted by molar-refractivity contribution is -0.384. The highest BCUT2D eigenvalue weighted by molar-refractivity contribution is 5.95. The molecule has 41 heavy (non-hydrogen) atoms. The summed E-state index contributed by atoms with van der Waals surface area (Å²) in [7, 11) is 0. The van der Waals surface area contributed by atoms with Gasteiger partial charge in [-0.25, -0.2) is 4.79 Å². The van der Waals surface area contributed by atoms with Gasteiger partial charge in [-0.2, -0.15) is 0 Å². The number of carbonyl (C=O) groups excluding carboxylic acids is 1. The molecule has 6 heteroatoms. The minimum atomic E-state index is -0.776. The molecule has 0 spiro atoms. The first-order chi connectivity index (χ1) is 19.2. The molecule has 0 saturated carbocycles. The van der Waals surface area contributed by atoms with Gasteiger partial charge >= 0.3 is 5.97 Å². The number of nitro groups is 1. The van der Waals surface area contributed by atoms with Gasteiger partial charge in [0, 0.05) is 23.4 Å². The van der Waals surface area contributed by atoms with Crippen LogP contribution < -0.4 is 9.47 Å². The van der Waals surface area contributed by atoms with Crippen molar-refractivity contribution in [3.63, 3.8) is 0 Å². The van der Waals surface area contributed by atoms with Crippen molar-refractivity contribution in [1.29, 1.82) is 0 Å². The molecule has 0 bridgehead atoms. The Morgan fingerprint density at radius 1 is 0.854 bits per heavy atom. The summed E-state index contributed by atoms with van der Waals surface area (Å²) in [5, 5.41) is 12.7. The van der Waals surface area contributed by atoms with Crippen LogP contribution in [0.15, 0.2) is 72.8 Å². The number of ether oxygens (including phenoxy) is 2. The van der Waals surface area contributed by atoms with Crippen molar-refractivity contribution in [1.82, 2.24) is 0 Å². The molecule has 0 aromatic heterocycles. The van der Waals surface area contributed by atoms with Crippen molar-refractivity contribution in [3.8, 4) is 23.3 Å². The molecule has 0 aliphatic rings. The van der Waals surface area contributed by atoms with E-state index in [4.69, 9.17) is 9.47 Å². The standard InChI is InChI=1S/C35H35NO5/c1-23-8-14-30-25(18-23)9-16-32(31(30)15-17-33(37)41-29-12-10-28(11-13-29)36(38)39)40-22-24-19-26(34(2,3)4)21-27(20-24)35(5,6)7/h8-14,16,18-21H,22H2,1-7H3. The first kappa shape index (κ1) is 29.4. The first-order valence-electron chi connectivity index (χ1n) is 13.5. The predicted octanol–water partition coefficient (Wildman–Crippen LogP) is 8.19. The molecular formula is C35H35NO5. The molecule has 4 rings (SSSR count). The molecule has 0 aliphatic heterocycles. The minimum absolute atomic E-state index is 0.0164. The molecule has 0 saturated heterocycles. The lowest BCUT2D eigenvalue weighted by atomic mass is 9.79. The lowest BCUT2D eigenvalue weighted by Gasteiger charge is -2.26. The number of benzene rings is 4. The summed E-state index contributed by atoms with van der Waals surface area (Å²) in [4.78, 5) is 22.9. The van der Waals surface area contributed by atoms with Gasteiger partial charge in [-0.3, -0.25) is 10.1 Å². The average molecular weight is 550 g/mol. The number of non-ortho nitro benzene ring substituents is 1. The van der Waals surface area contributed by atoms with Crippen molar-refractivity contribution in [2.75, 3.05) is 0 Å². The smallest absolute Gasteiger partial charge is 0.390 e. The van der Waals surface area contributed by atoms with Gasteiger partial charge in [0.1, 0.15) is 18.1 Å². The van der Waals surface area contributed by atoms with E-state index in [-0.39, 0.29) is 22.3 Å². The summed E-state index contributed by atoms with van der Waals surface area (Å²) < 4.78 is 11.6. The largest absolute Gasteiger partial charge is 0.488 e. The summed E-state index contributed by atoms with van der Waals surface area (Å²) >= 11 is 0. The molecule has 0 aliphatic carbocycles. The number of rotatable bonds is 5. The van der Waals surface area contributed by atoms with Gasteiger partial charge in [0.2, 0.25) is 0 Å². The van der Waals surface area contributed by atoms with Crippen LogP contribution in [0, 0.1) is 28.9 Å². The van der Waals surface area contributed by atoms with Crippen LogP contribution in [0.3, 0.4) is 0 Å². The molecule has 0 fully saturated rings. The van der Waals surface area contributed by atoms with Gasteiger partial charge in [-0.05, 0) is 58.0 Å². The Kier molecular flexibility index (Phi) is 8.21. The summed E-state index contributed by atoms with van der Waals surface area (Å²) in [6.45, 7) is 15.6. The minimum Gasteiger partial charge on any atom is -0.488 e. The van der Waals surface area contributed by atoms with Crippen molar-refractivity contribution >= 4 is 22.4 Å². The van der Waals surface area contributed by atoms with E-state index in [0.717, 1.165) is 21.9 Å². The molecule has 0 heterocycles. The zero-order chi connectivity index (χ0) is 29.9. The number of nitrogens with zero attached hydrogens (tertiary/aromatic N) is 1. The molecule has 6 nitrogen and oxygen atoms in total. The molecule has 0 radical (unpaired) electrons. The highest BCUT2D eigenvalue weighted by Gasteiger charge is 2.21. The van der Waals surface area contributed by atoms with Gasteiger partial charge in [-0.1, -0.05) is 95.5 Å². The van der Waals surface area contributed by atoms with Crippen molar-refractivity contribution in [2.45, 2.75) is 65.9 Å². The fourth-order valence-electron chi connectivity index (χ4n) is 4.36. The molecule has 0 N–H and O–H groups in total. The number of fused-ring (bicyclic) bond motifs is 1. The van der Waals surface area contributed by atoms with Crippen LogP contribution in [0.5, 0.6) is 11.5 Å². The number of hydrogen-bond acceptors (Lipinski definition) is 5. The SMILES string of the molecule is Cc1ccc2c(C#CC(=O)Oc3ccc([N+](=O)[O-])cc3)c(OCc3cc(C(C)(C)C)cc(C(C)(C)C)c3)ccc2c1. The summed E-state index contributed by atoms with van der Waals surface area (Å²) in [5.41, 5.74) is 5.12. The third-order valence-corrected chi connectivity index (χ3v) is 6.80. The zero-order valence-electron chi connectivity index (χ0n) is 24.6. The van der Waals surface area contributed by atoms with Crippen LogP contribution in [-0.2, 0) is 22.2 Å². The number of carbonyl (C=O) groups is 1. The van der Waals surface area contributed by atoms with Crippen LogP contribution in [0.25, 0.3) is 10.8 Å². The van der Waals surface area contributed by atoms with E-state index < -0.39 is 10.9 Å². The van der Waals surface area contributed by atoms with Crippen LogP contribution >= 0.6 is 0 Å². The fourth-order valence-corrected chi connectivity index (χ4v) is 4.36. The van der Waals surface area contributed by atoms with Crippen molar-refractivity contribution < 1.29 is 19.2 Å². The number of esters is 1. The van der Waals surface area contributed by atoms with Crippen molar-refractivity contribution in [2.24, 2.45) is 0 Å². The Hall–Kier alpha value is -4.63. The van der Waals surface area contributed by atoms with Crippen LogP contribution in [0.4, 0.5) is 5.69 Å². The van der Waals surface area contributed by atoms with E-state index in [0.29, 0.717) is 17.9 Å². The highest BCUT2D eigenvalue weighted by atomic mass is 16.6. The second-order valence-corrected chi connectivity index (χ2v) is 12.3. The third kappa shape index (κ3) is 7.32. The molecule has 0 atom stereocenters. The first-order valence-corrected chi connectivity index (χ1v) is 13.5. The van der Waals surface area contributed by atoms with Gasteiger partial charge in [0.25, 0.3) is 5.69 Å². The van der Waals surface area contributed by atoms with Gasteiger partial charge in [0.05, 0.1) is 10.5 Å². The molecule has 4 aromatic carbocycles. The van der Waals surface area contributed by atoms with E-state index in [1.165, 1.54) is 35.4 Å². The van der Waals surface area contributed by atoms with Gasteiger partial charge in [-0.15, -0.1) is 0 Å². The normalized spacial score (nSPS) is 11.5. The van der Waals surface area contributed by atoms with Crippen LogP contribution in [0.1, 0.15) is 69.4 Å². The molecular weight excluding hydrogens is 514 g/mol. The molecule has 0 unspecified atom stereocenters. The maximum absolute atomic E-state index is 12.6. The average Bonchev–Trinajstić information content (AvgIpc) is 2.90. The Morgan fingerprint density at radius 3 is 2.07 bits per heavy atom. The fraction of sp³-hybridized carbons (Fsp3) is 0.286. The lowest BCUT2D eigenvalue weighted by Crippen LogP contribution is -2.17. The van der Waals surface area contributed by atoms with Gasteiger partial charge < -0.3 is 9.47 Å². The topological polar surface area (TPSA) is 78.7 Å². The van der Waals surface area contributed by atoms with E-state index in [2.05, 4.69) is 77.6 Å². The van der Waals surface area contributed by atoms with Crippen molar-refractivity contribution in [3.05, 3.63) is 111 Å². The van der Waals surface area contributed by atoms with E-state index in [9.17, 15) is 14.9 Å². The Labute approximate surface area is 241 Å². The predicted molar refractivity (Wildman–Crippen MR) is 162 cm³/mol. The van der Waals surface area contributed by atoms with E-state index >= 15 is 0 Å². The summed E-state index contributed by atoms with van der Waals surface area (Å²) in [6.07, 6.45) is 0. The second-order valence-electron chi connectivity index (χ2n) is 12.3. The van der Waals surface area contributed by atoms with E-state index in [1.54, 1.807) is 0 Å². The quantitative estimate of drug-likeness (QED) is 0.0824. The Morgan fingerprint density at radius 2 is 1.49 bits per heavy atom. The summed E-state index contributed by atoms with van der Waals surface area (Å²) in [5.74, 6) is 5.50. The Bertz CT molecular complexity index is 1640. The van der Waals surface area contributed by atoms with E-state index in [1.807, 2.05) is 31.2 Å². The zero-order valence-corrected chi connectivity index (χ0v) is 24.6. The van der Waals surface area contributed by atoms with Crippen LogP contribution in [-0.4, -0.2) is 10.9 Å². The monoisotopic (exact) mass is 549 g/mol.